The number of aromatic nitrogens is 3. The van der Waals surface area contributed by atoms with Crippen molar-refractivity contribution in [3.05, 3.63) is 72.8 Å². The van der Waals surface area contributed by atoms with Gasteiger partial charge in [-0.05, 0) is 29.8 Å². The molecule has 0 atom stereocenters. The highest BCUT2D eigenvalue weighted by molar-refractivity contribution is 5.88. The molecule has 22 heavy (non-hydrogen) atoms. The lowest BCUT2D eigenvalue weighted by Gasteiger charge is -2.09. The van der Waals surface area contributed by atoms with E-state index in [-0.39, 0.29) is 5.82 Å². The Morgan fingerprint density at radius 2 is 1.86 bits per heavy atom. The van der Waals surface area contributed by atoms with Crippen LogP contribution in [0.15, 0.2) is 67.0 Å². The Bertz CT molecular complexity index is 959. The van der Waals surface area contributed by atoms with E-state index < -0.39 is 0 Å². The molecule has 0 aliphatic heterocycles. The van der Waals surface area contributed by atoms with Crippen molar-refractivity contribution in [2.45, 2.75) is 0 Å². The van der Waals surface area contributed by atoms with Crippen molar-refractivity contribution in [2.75, 3.05) is 0 Å². The standard InChI is InChI=1S/C18H12FN3/c19-15-4-1-3-13(9-15)18-16(5-2-8-20-18)12-6-7-14-11-21-22-17(14)10-12/h1-11H,(H,21,22). The van der Waals surface area contributed by atoms with E-state index in [0.29, 0.717) is 0 Å². The molecule has 4 rings (SSSR count). The van der Waals surface area contributed by atoms with Gasteiger partial charge in [0.25, 0.3) is 0 Å². The van der Waals surface area contributed by atoms with Crippen LogP contribution in [0.25, 0.3) is 33.3 Å². The summed E-state index contributed by atoms with van der Waals surface area (Å²) in [6, 6.07) is 16.4. The first-order chi connectivity index (χ1) is 10.8. The Balaban J connectivity index is 1.92. The Hall–Kier alpha value is -3.01. The van der Waals surface area contributed by atoms with Gasteiger partial charge in [-0.2, -0.15) is 5.10 Å². The summed E-state index contributed by atoms with van der Waals surface area (Å²) in [5.41, 5.74) is 4.47. The van der Waals surface area contributed by atoms with E-state index in [1.165, 1.54) is 12.1 Å². The molecular formula is C18H12FN3. The lowest BCUT2D eigenvalue weighted by molar-refractivity contribution is 0.628. The number of aromatic amines is 1. The maximum absolute atomic E-state index is 13.5. The van der Waals surface area contributed by atoms with Crippen LogP contribution in [-0.4, -0.2) is 15.2 Å². The van der Waals surface area contributed by atoms with Crippen molar-refractivity contribution in [3.63, 3.8) is 0 Å². The zero-order valence-corrected chi connectivity index (χ0v) is 11.6. The summed E-state index contributed by atoms with van der Waals surface area (Å²) in [4.78, 5) is 4.44. The minimum absolute atomic E-state index is 0.266. The number of halogens is 1. The van der Waals surface area contributed by atoms with Crippen LogP contribution in [0.5, 0.6) is 0 Å². The van der Waals surface area contributed by atoms with Gasteiger partial charge in [-0.1, -0.05) is 30.3 Å². The van der Waals surface area contributed by atoms with E-state index >= 15 is 0 Å². The number of hydrogen-bond acceptors (Lipinski definition) is 2. The molecule has 0 saturated carbocycles. The van der Waals surface area contributed by atoms with Crippen LogP contribution in [-0.2, 0) is 0 Å². The van der Waals surface area contributed by atoms with Gasteiger partial charge < -0.3 is 0 Å². The molecule has 0 aliphatic rings. The Morgan fingerprint density at radius 3 is 2.77 bits per heavy atom. The molecule has 0 unspecified atom stereocenters. The van der Waals surface area contributed by atoms with Crippen LogP contribution in [0, 0.1) is 5.82 Å². The van der Waals surface area contributed by atoms with Gasteiger partial charge in [-0.15, -0.1) is 0 Å². The molecule has 2 aromatic heterocycles. The fourth-order valence-corrected chi connectivity index (χ4v) is 2.61. The molecule has 2 aromatic carbocycles. The average molecular weight is 289 g/mol. The van der Waals surface area contributed by atoms with Crippen LogP contribution >= 0.6 is 0 Å². The highest BCUT2D eigenvalue weighted by atomic mass is 19.1. The quantitative estimate of drug-likeness (QED) is 0.593. The Kier molecular flexibility index (Phi) is 2.93. The van der Waals surface area contributed by atoms with Crippen LogP contribution in [0.1, 0.15) is 0 Å². The molecule has 4 aromatic rings. The topological polar surface area (TPSA) is 41.6 Å². The molecule has 0 spiro atoms. The first-order valence-corrected chi connectivity index (χ1v) is 6.96. The van der Waals surface area contributed by atoms with Crippen LogP contribution in [0.2, 0.25) is 0 Å². The van der Waals surface area contributed by atoms with Crippen molar-refractivity contribution >= 4 is 10.9 Å². The molecule has 3 nitrogen and oxygen atoms in total. The predicted molar refractivity (Wildman–Crippen MR) is 84.7 cm³/mol. The van der Waals surface area contributed by atoms with Gasteiger partial charge in [0, 0.05) is 22.7 Å². The molecule has 0 fully saturated rings. The van der Waals surface area contributed by atoms with E-state index in [0.717, 1.165) is 33.3 Å². The number of hydrogen-bond donors (Lipinski definition) is 1. The minimum atomic E-state index is -0.266. The summed E-state index contributed by atoms with van der Waals surface area (Å²) in [6.45, 7) is 0. The molecule has 0 amide bonds. The van der Waals surface area contributed by atoms with Crippen molar-refractivity contribution in [1.29, 1.82) is 0 Å². The van der Waals surface area contributed by atoms with Gasteiger partial charge in [-0.25, -0.2) is 4.39 Å². The zero-order valence-electron chi connectivity index (χ0n) is 11.6. The van der Waals surface area contributed by atoms with E-state index in [2.05, 4.69) is 15.2 Å². The second-order valence-electron chi connectivity index (χ2n) is 5.08. The second-order valence-corrected chi connectivity index (χ2v) is 5.08. The predicted octanol–water partition coefficient (Wildman–Crippen LogP) is 4.43. The molecule has 0 bridgehead atoms. The fraction of sp³-hybridized carbons (Fsp3) is 0. The summed E-state index contributed by atoms with van der Waals surface area (Å²) in [6.07, 6.45) is 3.51. The van der Waals surface area contributed by atoms with Crippen molar-refractivity contribution in [3.8, 4) is 22.4 Å². The average Bonchev–Trinajstić information content (AvgIpc) is 3.02. The summed E-state index contributed by atoms with van der Waals surface area (Å²) < 4.78 is 13.5. The van der Waals surface area contributed by atoms with Gasteiger partial charge in [0.05, 0.1) is 17.4 Å². The minimum Gasteiger partial charge on any atom is -0.278 e. The van der Waals surface area contributed by atoms with Crippen LogP contribution in [0.3, 0.4) is 0 Å². The van der Waals surface area contributed by atoms with Gasteiger partial charge in [0.2, 0.25) is 0 Å². The summed E-state index contributed by atoms with van der Waals surface area (Å²) in [5, 5.41) is 8.06. The van der Waals surface area contributed by atoms with E-state index in [1.807, 2.05) is 36.4 Å². The summed E-state index contributed by atoms with van der Waals surface area (Å²) in [7, 11) is 0. The molecule has 1 N–H and O–H groups in total. The lowest BCUT2D eigenvalue weighted by atomic mass is 9.98. The van der Waals surface area contributed by atoms with E-state index in [1.54, 1.807) is 18.5 Å². The SMILES string of the molecule is Fc1cccc(-c2ncccc2-c2ccc3cn[nH]c3c2)c1. The van der Waals surface area contributed by atoms with E-state index in [4.69, 9.17) is 0 Å². The summed E-state index contributed by atoms with van der Waals surface area (Å²) in [5.74, 6) is -0.266. The Morgan fingerprint density at radius 1 is 0.909 bits per heavy atom. The molecule has 0 aliphatic carbocycles. The number of pyridine rings is 1. The van der Waals surface area contributed by atoms with Crippen molar-refractivity contribution in [1.82, 2.24) is 15.2 Å². The number of fused-ring (bicyclic) bond motifs is 1. The van der Waals surface area contributed by atoms with Gasteiger partial charge >= 0.3 is 0 Å². The number of nitrogens with one attached hydrogen (secondary N) is 1. The zero-order chi connectivity index (χ0) is 14.9. The summed E-state index contributed by atoms with van der Waals surface area (Å²) >= 11 is 0. The largest absolute Gasteiger partial charge is 0.278 e. The lowest BCUT2D eigenvalue weighted by Crippen LogP contribution is -1.89. The van der Waals surface area contributed by atoms with Gasteiger partial charge in [0.1, 0.15) is 5.82 Å². The molecule has 106 valence electrons. The first-order valence-electron chi connectivity index (χ1n) is 6.96. The number of nitrogens with zero attached hydrogens (tertiary/aromatic N) is 2. The van der Waals surface area contributed by atoms with Crippen molar-refractivity contribution < 1.29 is 4.39 Å². The highest BCUT2D eigenvalue weighted by Crippen LogP contribution is 2.31. The maximum Gasteiger partial charge on any atom is 0.123 e. The number of H-pyrrole nitrogens is 1. The number of rotatable bonds is 2. The third kappa shape index (κ3) is 2.15. The maximum atomic E-state index is 13.5. The van der Waals surface area contributed by atoms with Crippen molar-refractivity contribution in [2.24, 2.45) is 0 Å². The van der Waals surface area contributed by atoms with E-state index in [9.17, 15) is 4.39 Å². The molecule has 0 radical (unpaired) electrons. The monoisotopic (exact) mass is 289 g/mol. The second kappa shape index (κ2) is 5.07. The molecule has 4 heteroatoms. The highest BCUT2D eigenvalue weighted by Gasteiger charge is 2.10. The van der Waals surface area contributed by atoms with Crippen LogP contribution < -0.4 is 0 Å². The third-order valence-electron chi connectivity index (χ3n) is 3.66. The fourth-order valence-electron chi connectivity index (χ4n) is 2.61. The normalized spacial score (nSPS) is 11.0. The molecule has 2 heterocycles. The smallest absolute Gasteiger partial charge is 0.123 e. The third-order valence-corrected chi connectivity index (χ3v) is 3.66. The molecular weight excluding hydrogens is 277 g/mol. The van der Waals surface area contributed by atoms with Crippen LogP contribution in [0.4, 0.5) is 4.39 Å². The Labute approximate surface area is 126 Å². The van der Waals surface area contributed by atoms with Gasteiger partial charge in [-0.3, -0.25) is 10.1 Å². The molecule has 0 saturated heterocycles. The number of benzene rings is 2. The van der Waals surface area contributed by atoms with Gasteiger partial charge in [0.15, 0.2) is 0 Å². The first kappa shape index (κ1) is 12.7.